The smallest absolute Gasteiger partial charge is 0.219 e. The van der Waals surface area contributed by atoms with Gasteiger partial charge in [0.2, 0.25) is 5.95 Å². The van der Waals surface area contributed by atoms with E-state index in [1.165, 1.54) is 0 Å². The molecule has 1 saturated heterocycles. The van der Waals surface area contributed by atoms with Gasteiger partial charge in [0, 0.05) is 36.6 Å². The Balaban J connectivity index is 1.86. The number of nitrogens with one attached hydrogen (secondary N) is 1. The molecule has 2 aromatic rings. The molecule has 0 bridgehead atoms. The molecule has 128 valence electrons. The lowest BCUT2D eigenvalue weighted by Crippen LogP contribution is -2.38. The minimum Gasteiger partial charge on any atom is -0.378 e. The molecule has 2 aromatic heterocycles. The summed E-state index contributed by atoms with van der Waals surface area (Å²) in [7, 11) is 0. The molecule has 0 spiro atoms. The Morgan fingerprint density at radius 1 is 1.28 bits per heavy atom. The highest BCUT2D eigenvalue weighted by molar-refractivity contribution is 5.78. The number of carbonyl (C=O) groups is 1. The van der Waals surface area contributed by atoms with Crippen LogP contribution < -0.4 is 16.0 Å². The number of hydrogen-bond acceptors (Lipinski definition) is 8. The first-order chi connectivity index (χ1) is 12.3. The van der Waals surface area contributed by atoms with E-state index >= 15 is 0 Å². The molecule has 0 aromatic carbocycles. The van der Waals surface area contributed by atoms with Crippen molar-refractivity contribution in [1.29, 1.82) is 0 Å². The predicted octanol–water partition coefficient (Wildman–Crippen LogP) is 0.771. The zero-order valence-corrected chi connectivity index (χ0v) is 13.6. The third-order valence-electron chi connectivity index (χ3n) is 4.33. The normalized spacial score (nSPS) is 19.2. The third-order valence-corrected chi connectivity index (χ3v) is 4.33. The summed E-state index contributed by atoms with van der Waals surface area (Å²) in [6, 6.07) is 1.53. The monoisotopic (exact) mass is 338 g/mol. The fourth-order valence-electron chi connectivity index (χ4n) is 3.08. The summed E-state index contributed by atoms with van der Waals surface area (Å²) in [4.78, 5) is 26.6. The van der Waals surface area contributed by atoms with Gasteiger partial charge in [-0.05, 0) is 23.9 Å². The van der Waals surface area contributed by atoms with Gasteiger partial charge in [-0.1, -0.05) is 0 Å². The fourth-order valence-corrected chi connectivity index (χ4v) is 3.08. The van der Waals surface area contributed by atoms with Crippen LogP contribution in [0, 0.1) is 0 Å². The third kappa shape index (κ3) is 2.91. The molecular formula is C17H18N6O2. The molecule has 2 aliphatic heterocycles. The summed E-state index contributed by atoms with van der Waals surface area (Å²) in [6.07, 6.45) is 7.95. The number of ether oxygens (including phenoxy) is 1. The molecule has 2 aliphatic rings. The van der Waals surface area contributed by atoms with Crippen molar-refractivity contribution in [3.63, 3.8) is 0 Å². The van der Waals surface area contributed by atoms with E-state index in [1.54, 1.807) is 18.6 Å². The zero-order valence-electron chi connectivity index (χ0n) is 13.6. The summed E-state index contributed by atoms with van der Waals surface area (Å²) in [6.45, 7) is 2.74. The van der Waals surface area contributed by atoms with Gasteiger partial charge in [0.05, 0.1) is 18.9 Å². The Kier molecular flexibility index (Phi) is 4.02. The van der Waals surface area contributed by atoms with Gasteiger partial charge in [-0.2, -0.15) is 0 Å². The molecule has 8 heteroatoms. The predicted molar refractivity (Wildman–Crippen MR) is 93.7 cm³/mol. The van der Waals surface area contributed by atoms with E-state index in [9.17, 15) is 4.79 Å². The highest BCUT2D eigenvalue weighted by atomic mass is 16.5. The number of nitrogens with zero attached hydrogens (tertiary/aromatic N) is 4. The molecule has 0 saturated carbocycles. The van der Waals surface area contributed by atoms with Crippen molar-refractivity contribution < 1.29 is 9.53 Å². The molecule has 1 unspecified atom stereocenters. The van der Waals surface area contributed by atoms with Gasteiger partial charge < -0.3 is 25.5 Å². The average molecular weight is 338 g/mol. The summed E-state index contributed by atoms with van der Waals surface area (Å²) in [5.41, 5.74) is 8.95. The van der Waals surface area contributed by atoms with Crippen LogP contribution in [0.5, 0.6) is 0 Å². The number of carbonyl (C=O) groups excluding carboxylic acids is 1. The highest BCUT2D eigenvalue weighted by Crippen LogP contribution is 2.34. The number of anilines is 2. The molecule has 3 N–H and O–H groups in total. The van der Waals surface area contributed by atoms with Crippen molar-refractivity contribution in [3.05, 3.63) is 35.8 Å². The molecule has 4 rings (SSSR count). The van der Waals surface area contributed by atoms with Crippen molar-refractivity contribution in [2.45, 2.75) is 6.04 Å². The van der Waals surface area contributed by atoms with Crippen molar-refractivity contribution in [2.24, 2.45) is 0 Å². The van der Waals surface area contributed by atoms with Gasteiger partial charge in [-0.15, -0.1) is 0 Å². The largest absolute Gasteiger partial charge is 0.378 e. The highest BCUT2D eigenvalue weighted by Gasteiger charge is 2.26. The number of nitrogens with two attached hydrogens (primary N) is 1. The lowest BCUT2D eigenvalue weighted by molar-refractivity contribution is -0.109. The SMILES string of the molecule is Nc1ncc(-c2cc3c(c(N4CCOCC4)n2)C(C=O)NC=C3)cn1. The molecule has 1 fully saturated rings. The van der Waals surface area contributed by atoms with E-state index in [2.05, 4.69) is 20.2 Å². The zero-order chi connectivity index (χ0) is 17.2. The maximum Gasteiger partial charge on any atom is 0.219 e. The number of pyridine rings is 1. The second-order valence-electron chi connectivity index (χ2n) is 5.88. The van der Waals surface area contributed by atoms with E-state index in [1.807, 2.05) is 12.1 Å². The quantitative estimate of drug-likeness (QED) is 0.791. The van der Waals surface area contributed by atoms with Crippen LogP contribution >= 0.6 is 0 Å². The Labute approximate surface area is 144 Å². The van der Waals surface area contributed by atoms with Gasteiger partial charge in [0.15, 0.2) is 0 Å². The molecule has 8 nitrogen and oxygen atoms in total. The first-order valence-electron chi connectivity index (χ1n) is 8.09. The Morgan fingerprint density at radius 3 is 2.76 bits per heavy atom. The van der Waals surface area contributed by atoms with Gasteiger partial charge >= 0.3 is 0 Å². The van der Waals surface area contributed by atoms with Gasteiger partial charge in [-0.25, -0.2) is 15.0 Å². The summed E-state index contributed by atoms with van der Waals surface area (Å²) in [5.74, 6) is 1.02. The van der Waals surface area contributed by atoms with Crippen molar-refractivity contribution >= 4 is 24.1 Å². The first kappa shape index (κ1) is 15.5. The van der Waals surface area contributed by atoms with Crippen LogP contribution in [-0.4, -0.2) is 47.5 Å². The number of fused-ring (bicyclic) bond motifs is 1. The van der Waals surface area contributed by atoms with Crippen molar-refractivity contribution in [3.8, 4) is 11.3 Å². The van der Waals surface area contributed by atoms with Crippen LogP contribution in [0.2, 0.25) is 0 Å². The summed E-state index contributed by atoms with van der Waals surface area (Å²) in [5, 5.41) is 3.08. The van der Waals surface area contributed by atoms with Crippen LogP contribution in [0.15, 0.2) is 24.7 Å². The number of aromatic nitrogens is 3. The van der Waals surface area contributed by atoms with E-state index in [0.717, 1.165) is 47.6 Å². The second-order valence-corrected chi connectivity index (χ2v) is 5.88. The van der Waals surface area contributed by atoms with E-state index < -0.39 is 6.04 Å². The number of rotatable bonds is 3. The van der Waals surface area contributed by atoms with Crippen LogP contribution in [0.3, 0.4) is 0 Å². The van der Waals surface area contributed by atoms with E-state index in [4.69, 9.17) is 15.5 Å². The molecular weight excluding hydrogens is 320 g/mol. The summed E-state index contributed by atoms with van der Waals surface area (Å²) < 4.78 is 5.44. The van der Waals surface area contributed by atoms with E-state index in [-0.39, 0.29) is 5.95 Å². The first-order valence-corrected chi connectivity index (χ1v) is 8.09. The Bertz CT molecular complexity index is 815. The maximum atomic E-state index is 11.5. The number of nitrogen functional groups attached to an aromatic ring is 1. The minimum absolute atomic E-state index is 0.222. The van der Waals surface area contributed by atoms with Gasteiger partial charge in [0.25, 0.3) is 0 Å². The van der Waals surface area contributed by atoms with Gasteiger partial charge in [0.1, 0.15) is 18.1 Å². The van der Waals surface area contributed by atoms with Crippen LogP contribution in [-0.2, 0) is 9.53 Å². The average Bonchev–Trinajstić information content (AvgIpc) is 2.68. The van der Waals surface area contributed by atoms with Crippen LogP contribution in [0.25, 0.3) is 17.3 Å². The number of morpholine rings is 1. The number of hydrogen-bond donors (Lipinski definition) is 2. The Hall–Kier alpha value is -3.00. The summed E-state index contributed by atoms with van der Waals surface area (Å²) >= 11 is 0. The minimum atomic E-state index is -0.415. The van der Waals surface area contributed by atoms with Crippen molar-refractivity contribution in [1.82, 2.24) is 20.3 Å². The molecule has 1 atom stereocenters. The molecule has 0 amide bonds. The fraction of sp³-hybridized carbons (Fsp3) is 0.294. The lowest BCUT2D eigenvalue weighted by atomic mass is 9.97. The van der Waals surface area contributed by atoms with Crippen molar-refractivity contribution in [2.75, 3.05) is 36.9 Å². The van der Waals surface area contributed by atoms with Crippen LogP contribution in [0.4, 0.5) is 11.8 Å². The lowest BCUT2D eigenvalue weighted by Gasteiger charge is -2.32. The topological polar surface area (TPSA) is 106 Å². The molecule has 0 radical (unpaired) electrons. The van der Waals surface area contributed by atoms with Gasteiger partial charge in [-0.3, -0.25) is 0 Å². The number of aldehydes is 1. The Morgan fingerprint density at radius 2 is 2.04 bits per heavy atom. The molecule has 0 aliphatic carbocycles. The molecule has 25 heavy (non-hydrogen) atoms. The second kappa shape index (κ2) is 6.48. The molecule has 4 heterocycles. The maximum absolute atomic E-state index is 11.5. The van der Waals surface area contributed by atoms with Crippen LogP contribution in [0.1, 0.15) is 17.2 Å². The standard InChI is InChI=1S/C17H18N6O2/c18-17-20-8-12(9-21-17)13-7-11-1-2-19-14(10-24)15(11)16(22-13)23-3-5-25-6-4-23/h1-2,7-10,14,19H,3-6H2,(H2,18,20,21). The van der Waals surface area contributed by atoms with E-state index in [0.29, 0.717) is 13.2 Å².